The molecule has 2 atom stereocenters. The summed E-state index contributed by atoms with van der Waals surface area (Å²) in [5.74, 6) is -1.63. The molecule has 3 aromatic rings. The highest BCUT2D eigenvalue weighted by Crippen LogP contribution is 2.45. The molecule has 0 aliphatic carbocycles. The van der Waals surface area contributed by atoms with E-state index in [2.05, 4.69) is 0 Å². The minimum absolute atomic E-state index is 0.241. The Hall–Kier alpha value is -2.43. The average molecular weight is 369 g/mol. The van der Waals surface area contributed by atoms with E-state index in [0.29, 0.717) is 16.3 Å². The number of fused-ring (bicyclic) bond motifs is 1. The Morgan fingerprint density at radius 1 is 1.04 bits per heavy atom. The van der Waals surface area contributed by atoms with E-state index in [1.807, 2.05) is 23.6 Å². The lowest BCUT2D eigenvalue weighted by Crippen LogP contribution is -2.37. The highest BCUT2D eigenvalue weighted by atomic mass is 35.5. The second kappa shape index (κ2) is 6.47. The summed E-state index contributed by atoms with van der Waals surface area (Å²) < 4.78 is 5.46. The molecular formula is C20H13ClO3S. The molecule has 4 rings (SSSR count). The number of carbonyl (C=O) groups excluding carboxylic acids is 2. The third-order valence-corrected chi connectivity index (χ3v) is 5.49. The number of carbonyl (C=O) groups is 2. The Morgan fingerprint density at radius 2 is 1.84 bits per heavy atom. The number of ether oxygens (including phenoxy) is 1. The van der Waals surface area contributed by atoms with Crippen molar-refractivity contribution in [2.45, 2.75) is 5.92 Å². The van der Waals surface area contributed by atoms with Crippen molar-refractivity contribution in [2.24, 2.45) is 5.92 Å². The van der Waals surface area contributed by atoms with Crippen LogP contribution in [0.15, 0.2) is 66.0 Å². The summed E-state index contributed by atoms with van der Waals surface area (Å²) in [6.07, 6.45) is 0. The van der Waals surface area contributed by atoms with Crippen LogP contribution in [0.1, 0.15) is 26.7 Å². The SMILES string of the molecule is O=C1Oc2ccc(Cl)cc2[C@@H](c2cccs2)[C@@H]1C(=O)c1ccccc1. The fourth-order valence-electron chi connectivity index (χ4n) is 3.17. The number of ketones is 1. The number of halogens is 1. The van der Waals surface area contributed by atoms with Crippen molar-refractivity contribution in [1.29, 1.82) is 0 Å². The van der Waals surface area contributed by atoms with E-state index in [1.165, 1.54) is 11.3 Å². The first-order valence-electron chi connectivity index (χ1n) is 7.79. The van der Waals surface area contributed by atoms with Crippen LogP contribution in [0.25, 0.3) is 0 Å². The molecule has 5 heteroatoms. The van der Waals surface area contributed by atoms with Crippen LogP contribution in [0, 0.1) is 5.92 Å². The molecule has 0 unspecified atom stereocenters. The van der Waals surface area contributed by atoms with Gasteiger partial charge in [-0.1, -0.05) is 48.0 Å². The lowest BCUT2D eigenvalue weighted by molar-refractivity contribution is -0.138. The van der Waals surface area contributed by atoms with Gasteiger partial charge in [0.25, 0.3) is 0 Å². The van der Waals surface area contributed by atoms with Crippen LogP contribution >= 0.6 is 22.9 Å². The molecule has 25 heavy (non-hydrogen) atoms. The minimum Gasteiger partial charge on any atom is -0.426 e. The van der Waals surface area contributed by atoms with Crippen molar-refractivity contribution in [3.63, 3.8) is 0 Å². The van der Waals surface area contributed by atoms with Gasteiger partial charge in [0.1, 0.15) is 11.7 Å². The maximum absolute atomic E-state index is 13.1. The van der Waals surface area contributed by atoms with Crippen molar-refractivity contribution >= 4 is 34.7 Å². The molecule has 0 amide bonds. The standard InChI is InChI=1S/C20H13ClO3S/c21-13-8-9-15-14(11-13)17(16-7-4-10-25-16)18(20(23)24-15)19(22)12-5-2-1-3-6-12/h1-11,17-18H/t17-,18+/m0/s1. The summed E-state index contributed by atoms with van der Waals surface area (Å²) in [6, 6.07) is 17.8. The van der Waals surface area contributed by atoms with Crippen LogP contribution in [0.3, 0.4) is 0 Å². The molecule has 0 radical (unpaired) electrons. The maximum atomic E-state index is 13.1. The molecule has 0 fully saturated rings. The Kier molecular flexibility index (Phi) is 4.15. The monoisotopic (exact) mass is 368 g/mol. The number of benzene rings is 2. The first kappa shape index (κ1) is 16.1. The fourth-order valence-corrected chi connectivity index (χ4v) is 4.23. The van der Waals surface area contributed by atoms with Crippen LogP contribution in [-0.2, 0) is 4.79 Å². The molecule has 1 aromatic heterocycles. The van der Waals surface area contributed by atoms with Gasteiger partial charge in [0.05, 0.1) is 0 Å². The highest BCUT2D eigenvalue weighted by Gasteiger charge is 2.44. The van der Waals surface area contributed by atoms with Gasteiger partial charge in [-0.2, -0.15) is 0 Å². The van der Waals surface area contributed by atoms with Gasteiger partial charge in [0.2, 0.25) is 0 Å². The van der Waals surface area contributed by atoms with Crippen molar-refractivity contribution < 1.29 is 14.3 Å². The van der Waals surface area contributed by atoms with Crippen molar-refractivity contribution in [2.75, 3.05) is 0 Å². The van der Waals surface area contributed by atoms with E-state index in [1.54, 1.807) is 42.5 Å². The normalized spacial score (nSPS) is 19.2. The Balaban J connectivity index is 1.87. The summed E-state index contributed by atoms with van der Waals surface area (Å²) >= 11 is 7.68. The number of esters is 1. The molecule has 2 aromatic carbocycles. The van der Waals surface area contributed by atoms with Crippen LogP contribution in [0.5, 0.6) is 5.75 Å². The zero-order valence-electron chi connectivity index (χ0n) is 13.0. The molecule has 1 aliphatic heterocycles. The van der Waals surface area contributed by atoms with E-state index in [-0.39, 0.29) is 5.78 Å². The Morgan fingerprint density at radius 3 is 2.56 bits per heavy atom. The summed E-state index contributed by atoms with van der Waals surface area (Å²) in [5.41, 5.74) is 1.26. The lowest BCUT2D eigenvalue weighted by Gasteiger charge is -2.30. The molecule has 2 heterocycles. The predicted molar refractivity (Wildman–Crippen MR) is 97.5 cm³/mol. The number of thiophene rings is 1. The second-order valence-electron chi connectivity index (χ2n) is 5.80. The van der Waals surface area contributed by atoms with E-state index in [0.717, 1.165) is 10.4 Å². The second-order valence-corrected chi connectivity index (χ2v) is 7.22. The quantitative estimate of drug-likeness (QED) is 0.284. The minimum atomic E-state index is -0.924. The first-order chi connectivity index (χ1) is 12.1. The number of hydrogen-bond acceptors (Lipinski definition) is 4. The van der Waals surface area contributed by atoms with Gasteiger partial charge in [-0.05, 0) is 29.6 Å². The maximum Gasteiger partial charge on any atom is 0.323 e. The molecule has 1 aliphatic rings. The molecule has 3 nitrogen and oxygen atoms in total. The van der Waals surface area contributed by atoms with Gasteiger partial charge in [0.15, 0.2) is 5.78 Å². The van der Waals surface area contributed by atoms with Crippen LogP contribution in [0.2, 0.25) is 5.02 Å². The van der Waals surface area contributed by atoms with E-state index in [4.69, 9.17) is 16.3 Å². The van der Waals surface area contributed by atoms with Gasteiger partial charge in [-0.3, -0.25) is 9.59 Å². The van der Waals surface area contributed by atoms with E-state index < -0.39 is 17.8 Å². The number of Topliss-reactive ketones (excluding diaryl/α,β-unsaturated/α-hetero) is 1. The third-order valence-electron chi connectivity index (χ3n) is 4.30. The highest BCUT2D eigenvalue weighted by molar-refractivity contribution is 7.10. The van der Waals surface area contributed by atoms with Gasteiger partial charge >= 0.3 is 5.97 Å². The van der Waals surface area contributed by atoms with E-state index in [9.17, 15) is 9.59 Å². The zero-order chi connectivity index (χ0) is 17.4. The van der Waals surface area contributed by atoms with Crippen molar-refractivity contribution in [3.8, 4) is 5.75 Å². The Bertz CT molecular complexity index is 935. The molecule has 0 N–H and O–H groups in total. The van der Waals surface area contributed by atoms with Gasteiger partial charge in [-0.25, -0.2) is 0 Å². The fraction of sp³-hybridized carbons (Fsp3) is 0.100. The summed E-state index contributed by atoms with van der Waals surface area (Å²) in [7, 11) is 0. The molecule has 124 valence electrons. The summed E-state index contributed by atoms with van der Waals surface area (Å²) in [5, 5.41) is 2.48. The molecule has 0 saturated carbocycles. The molecule has 0 bridgehead atoms. The van der Waals surface area contributed by atoms with Gasteiger partial charge in [0, 0.05) is 26.9 Å². The summed E-state index contributed by atoms with van der Waals surface area (Å²) in [6.45, 7) is 0. The average Bonchev–Trinajstić information content (AvgIpc) is 3.15. The number of rotatable bonds is 3. The van der Waals surface area contributed by atoms with Crippen LogP contribution < -0.4 is 4.74 Å². The molecule has 0 saturated heterocycles. The topological polar surface area (TPSA) is 43.4 Å². The van der Waals surface area contributed by atoms with Crippen molar-refractivity contribution in [1.82, 2.24) is 0 Å². The summed E-state index contributed by atoms with van der Waals surface area (Å²) in [4.78, 5) is 26.7. The lowest BCUT2D eigenvalue weighted by atomic mass is 9.78. The largest absolute Gasteiger partial charge is 0.426 e. The zero-order valence-corrected chi connectivity index (χ0v) is 14.6. The molecular weight excluding hydrogens is 356 g/mol. The van der Waals surface area contributed by atoms with Crippen molar-refractivity contribution in [3.05, 3.63) is 87.1 Å². The van der Waals surface area contributed by atoms with Gasteiger partial charge in [-0.15, -0.1) is 11.3 Å². The van der Waals surface area contributed by atoms with E-state index >= 15 is 0 Å². The first-order valence-corrected chi connectivity index (χ1v) is 9.05. The number of hydrogen-bond donors (Lipinski definition) is 0. The van der Waals surface area contributed by atoms with Gasteiger partial charge < -0.3 is 4.74 Å². The third kappa shape index (κ3) is 2.88. The van der Waals surface area contributed by atoms with Crippen LogP contribution in [0.4, 0.5) is 0 Å². The van der Waals surface area contributed by atoms with Crippen LogP contribution in [-0.4, -0.2) is 11.8 Å². The predicted octanol–water partition coefficient (Wildman–Crippen LogP) is 4.95. The Labute approximate surface area is 153 Å². The smallest absolute Gasteiger partial charge is 0.323 e. The molecule has 0 spiro atoms.